The zero-order chi connectivity index (χ0) is 10.1. The van der Waals surface area contributed by atoms with E-state index in [1.165, 1.54) is 0 Å². The van der Waals surface area contributed by atoms with Gasteiger partial charge in [-0.2, -0.15) is 18.3 Å². The van der Waals surface area contributed by atoms with Gasteiger partial charge in [-0.3, -0.25) is 0 Å². The standard InChI is InChI=1S/C4H4BF3N2O3/c6-4(7,8)3(13-5(11)12)1-2-9-10-3/h1-2,11-12H. The normalized spacial score (nSPS) is 26.8. The number of rotatable bonds is 2. The minimum atomic E-state index is -4.88. The van der Waals surface area contributed by atoms with Crippen LogP contribution in [0.25, 0.3) is 0 Å². The highest BCUT2D eigenvalue weighted by Gasteiger charge is 2.58. The molecule has 0 amide bonds. The molecule has 1 atom stereocenters. The third kappa shape index (κ3) is 1.87. The zero-order valence-electron chi connectivity index (χ0n) is 6.06. The van der Waals surface area contributed by atoms with Crippen molar-refractivity contribution >= 4 is 7.32 Å². The first kappa shape index (κ1) is 10.2. The fraction of sp³-hybridized carbons (Fsp3) is 0.500. The van der Waals surface area contributed by atoms with E-state index >= 15 is 0 Å². The fourth-order valence-electron chi connectivity index (χ4n) is 0.728. The van der Waals surface area contributed by atoms with Gasteiger partial charge >= 0.3 is 13.5 Å². The van der Waals surface area contributed by atoms with Crippen molar-refractivity contribution in [2.45, 2.75) is 11.9 Å². The molecule has 0 saturated carbocycles. The highest BCUT2D eigenvalue weighted by atomic mass is 19.4. The Morgan fingerprint density at radius 1 is 1.38 bits per heavy atom. The van der Waals surface area contributed by atoms with E-state index < -0.39 is 19.2 Å². The van der Waals surface area contributed by atoms with E-state index in [1.807, 2.05) is 0 Å². The van der Waals surface area contributed by atoms with Crippen LogP contribution in [0.5, 0.6) is 0 Å². The van der Waals surface area contributed by atoms with E-state index in [-0.39, 0.29) is 0 Å². The molecule has 5 nitrogen and oxygen atoms in total. The second-order valence-electron chi connectivity index (χ2n) is 2.17. The molecule has 0 aliphatic carbocycles. The smallest absolute Gasteiger partial charge is 0.402 e. The SMILES string of the molecule is OB(O)OC1(C(F)(F)F)C=CN=N1. The number of alkyl halides is 3. The van der Waals surface area contributed by atoms with Crippen molar-refractivity contribution < 1.29 is 27.9 Å². The molecule has 0 aromatic carbocycles. The minimum Gasteiger partial charge on any atom is -0.402 e. The summed E-state index contributed by atoms with van der Waals surface area (Å²) in [5.74, 6) is 0. The summed E-state index contributed by atoms with van der Waals surface area (Å²) in [6, 6.07) is 0. The van der Waals surface area contributed by atoms with Crippen LogP contribution in [-0.4, -0.2) is 29.3 Å². The predicted octanol–water partition coefficient (Wildman–Crippen LogP) is 0.211. The lowest BCUT2D eigenvalue weighted by Gasteiger charge is -2.25. The second kappa shape index (κ2) is 3.09. The summed E-state index contributed by atoms with van der Waals surface area (Å²) in [6.45, 7) is 0. The molecule has 1 heterocycles. The molecule has 0 radical (unpaired) electrons. The Hall–Kier alpha value is -0.925. The first-order valence-corrected chi connectivity index (χ1v) is 3.08. The number of nitrogens with zero attached hydrogens (tertiary/aromatic N) is 2. The van der Waals surface area contributed by atoms with E-state index in [2.05, 4.69) is 14.9 Å². The van der Waals surface area contributed by atoms with E-state index in [0.29, 0.717) is 6.08 Å². The predicted molar refractivity (Wildman–Crippen MR) is 34.1 cm³/mol. The highest BCUT2D eigenvalue weighted by molar-refractivity contribution is 6.32. The largest absolute Gasteiger partial charge is 0.636 e. The third-order valence-electron chi connectivity index (χ3n) is 1.26. The summed E-state index contributed by atoms with van der Waals surface area (Å²) in [4.78, 5) is 0. The monoisotopic (exact) mass is 196 g/mol. The lowest BCUT2D eigenvalue weighted by Crippen LogP contribution is -2.47. The first-order chi connectivity index (χ1) is 5.87. The maximum Gasteiger partial charge on any atom is 0.636 e. The van der Waals surface area contributed by atoms with Crippen molar-refractivity contribution in [3.05, 3.63) is 12.3 Å². The van der Waals surface area contributed by atoms with Crippen LogP contribution in [0.4, 0.5) is 13.2 Å². The van der Waals surface area contributed by atoms with Gasteiger partial charge in [0.15, 0.2) is 0 Å². The van der Waals surface area contributed by atoms with E-state index in [0.717, 1.165) is 6.20 Å². The van der Waals surface area contributed by atoms with Gasteiger partial charge in [-0.15, -0.1) is 5.11 Å². The second-order valence-corrected chi connectivity index (χ2v) is 2.17. The molecule has 1 rings (SSSR count). The van der Waals surface area contributed by atoms with E-state index in [9.17, 15) is 13.2 Å². The molecule has 0 spiro atoms. The van der Waals surface area contributed by atoms with Crippen LogP contribution in [-0.2, 0) is 4.65 Å². The van der Waals surface area contributed by atoms with Crippen molar-refractivity contribution in [2.24, 2.45) is 10.2 Å². The summed E-state index contributed by atoms with van der Waals surface area (Å²) >= 11 is 0. The van der Waals surface area contributed by atoms with Gasteiger partial charge in [0, 0.05) is 0 Å². The molecular weight excluding hydrogens is 192 g/mol. The topological polar surface area (TPSA) is 74.4 Å². The van der Waals surface area contributed by atoms with Gasteiger partial charge in [0.05, 0.1) is 6.20 Å². The Bertz CT molecular complexity index is 240. The quantitative estimate of drug-likeness (QED) is 0.619. The van der Waals surface area contributed by atoms with Crippen molar-refractivity contribution in [2.75, 3.05) is 0 Å². The maximum absolute atomic E-state index is 12.2. The van der Waals surface area contributed by atoms with Crippen LogP contribution in [0.1, 0.15) is 0 Å². The summed E-state index contributed by atoms with van der Waals surface area (Å²) < 4.78 is 40.5. The number of hydrogen-bond donors (Lipinski definition) is 2. The number of azo groups is 1. The first-order valence-electron chi connectivity index (χ1n) is 3.08. The van der Waals surface area contributed by atoms with Crippen molar-refractivity contribution in [1.29, 1.82) is 0 Å². The Labute approximate surface area is 70.7 Å². The van der Waals surface area contributed by atoms with Gasteiger partial charge in [-0.25, -0.2) is 0 Å². The van der Waals surface area contributed by atoms with Crippen LogP contribution in [0.3, 0.4) is 0 Å². The molecule has 2 N–H and O–H groups in total. The van der Waals surface area contributed by atoms with Gasteiger partial charge in [0.1, 0.15) is 0 Å². The minimum absolute atomic E-state index is 0.479. The van der Waals surface area contributed by atoms with Crippen LogP contribution < -0.4 is 0 Å². The fourth-order valence-corrected chi connectivity index (χ4v) is 0.728. The molecule has 1 aliphatic heterocycles. The number of hydrogen-bond acceptors (Lipinski definition) is 5. The lowest BCUT2D eigenvalue weighted by molar-refractivity contribution is -0.234. The third-order valence-corrected chi connectivity index (χ3v) is 1.26. The maximum atomic E-state index is 12.2. The lowest BCUT2D eigenvalue weighted by atomic mass is 10.1. The molecule has 72 valence electrons. The van der Waals surface area contributed by atoms with Crippen LogP contribution in [0, 0.1) is 0 Å². The average molecular weight is 196 g/mol. The summed E-state index contributed by atoms with van der Waals surface area (Å²) in [7, 11) is -2.57. The van der Waals surface area contributed by atoms with E-state index in [1.54, 1.807) is 0 Å². The summed E-state index contributed by atoms with van der Waals surface area (Å²) in [6.07, 6.45) is -3.64. The highest BCUT2D eigenvalue weighted by Crippen LogP contribution is 2.38. The molecule has 0 fully saturated rings. The zero-order valence-corrected chi connectivity index (χ0v) is 6.06. The molecule has 9 heteroatoms. The Morgan fingerprint density at radius 3 is 2.31 bits per heavy atom. The van der Waals surface area contributed by atoms with Crippen molar-refractivity contribution in [1.82, 2.24) is 0 Å². The molecule has 0 aromatic rings. The molecular formula is C4H4BF3N2O3. The molecule has 0 bridgehead atoms. The van der Waals surface area contributed by atoms with Gasteiger partial charge < -0.3 is 14.7 Å². The van der Waals surface area contributed by atoms with E-state index in [4.69, 9.17) is 10.0 Å². The van der Waals surface area contributed by atoms with Gasteiger partial charge in [0.2, 0.25) is 0 Å². The molecule has 0 saturated heterocycles. The molecule has 1 unspecified atom stereocenters. The summed E-state index contributed by atoms with van der Waals surface area (Å²) in [5, 5.41) is 22.1. The summed E-state index contributed by atoms with van der Waals surface area (Å²) in [5.41, 5.74) is -3.07. The van der Waals surface area contributed by atoms with Crippen LogP contribution in [0.15, 0.2) is 22.5 Å². The molecule has 0 aromatic heterocycles. The van der Waals surface area contributed by atoms with Gasteiger partial charge in [-0.05, 0) is 6.08 Å². The average Bonchev–Trinajstić information content (AvgIpc) is 2.33. The Morgan fingerprint density at radius 2 is 2.00 bits per heavy atom. The van der Waals surface area contributed by atoms with Gasteiger partial charge in [0.25, 0.3) is 5.72 Å². The number of halogens is 3. The Kier molecular flexibility index (Phi) is 2.41. The molecule has 1 aliphatic rings. The van der Waals surface area contributed by atoms with Crippen molar-refractivity contribution in [3.63, 3.8) is 0 Å². The van der Waals surface area contributed by atoms with Crippen LogP contribution >= 0.6 is 0 Å². The molecule has 13 heavy (non-hydrogen) atoms. The van der Waals surface area contributed by atoms with Crippen LogP contribution in [0.2, 0.25) is 0 Å². The van der Waals surface area contributed by atoms with Gasteiger partial charge in [-0.1, -0.05) is 0 Å². The van der Waals surface area contributed by atoms with Crippen molar-refractivity contribution in [3.8, 4) is 0 Å². The Balaban J connectivity index is 2.90.